The molecule has 3 atom stereocenters. The summed E-state index contributed by atoms with van der Waals surface area (Å²) in [5.41, 5.74) is 1.07. The second kappa shape index (κ2) is 8.10. The Kier molecular flexibility index (Phi) is 5.33. The number of β-lactam (4-membered cyclic amide) rings is 1. The zero-order chi connectivity index (χ0) is 22.1. The molecule has 2 unspecified atom stereocenters. The predicted octanol–water partition coefficient (Wildman–Crippen LogP) is 0.633. The number of nitrogens with one attached hydrogen (secondary N) is 1. The van der Waals surface area contributed by atoms with Gasteiger partial charge in [-0.1, -0.05) is 30.3 Å². The first kappa shape index (κ1) is 20.4. The number of phenols is 1. The maximum Gasteiger partial charge on any atom is 0.350 e. The van der Waals surface area contributed by atoms with Crippen LogP contribution >= 0.6 is 0 Å². The van der Waals surface area contributed by atoms with Crippen LogP contribution in [0.3, 0.4) is 0 Å². The number of amides is 3. The summed E-state index contributed by atoms with van der Waals surface area (Å²) in [6, 6.07) is 13.3. The molecule has 0 spiro atoms. The van der Waals surface area contributed by atoms with Crippen LogP contribution in [0.5, 0.6) is 5.75 Å². The Morgan fingerprint density at radius 2 is 1.77 bits per heavy atom. The molecule has 2 saturated heterocycles. The Labute approximate surface area is 178 Å². The Hall–Kier alpha value is -3.88. The molecule has 0 aromatic heterocycles. The number of benzene rings is 2. The number of carbonyl (C=O) groups is 4. The molecule has 9 nitrogen and oxygen atoms in total. The number of carbonyl (C=O) groups excluding carboxylic acids is 4. The van der Waals surface area contributed by atoms with E-state index >= 15 is 0 Å². The number of aromatic hydroxyl groups is 1. The van der Waals surface area contributed by atoms with Crippen LogP contribution in [0.4, 0.5) is 0 Å². The van der Waals surface area contributed by atoms with Gasteiger partial charge in [-0.2, -0.15) is 0 Å². The van der Waals surface area contributed by atoms with Gasteiger partial charge < -0.3 is 25.0 Å². The first-order chi connectivity index (χ1) is 14.9. The topological polar surface area (TPSA) is 116 Å². The average molecular weight is 423 g/mol. The lowest BCUT2D eigenvalue weighted by Gasteiger charge is -2.43. The van der Waals surface area contributed by atoms with E-state index in [2.05, 4.69) is 5.32 Å². The smallest absolute Gasteiger partial charge is 0.350 e. The quantitative estimate of drug-likeness (QED) is 0.538. The van der Waals surface area contributed by atoms with Crippen LogP contribution in [0.25, 0.3) is 0 Å². The van der Waals surface area contributed by atoms with E-state index in [1.807, 2.05) is 18.2 Å². The van der Waals surface area contributed by atoms with E-state index in [1.165, 1.54) is 41.0 Å². The highest BCUT2D eigenvalue weighted by atomic mass is 16.5. The van der Waals surface area contributed by atoms with Gasteiger partial charge in [0.05, 0.1) is 6.04 Å². The summed E-state index contributed by atoms with van der Waals surface area (Å²) in [4.78, 5) is 52.6. The third kappa shape index (κ3) is 3.81. The van der Waals surface area contributed by atoms with Crippen molar-refractivity contribution in [3.05, 3.63) is 65.7 Å². The fourth-order valence-electron chi connectivity index (χ4n) is 3.85. The summed E-state index contributed by atoms with van der Waals surface area (Å²) in [6.07, 6.45) is -1.15. The molecule has 0 aliphatic carbocycles. The first-order valence-corrected chi connectivity index (χ1v) is 9.76. The van der Waals surface area contributed by atoms with Crippen molar-refractivity contribution in [2.75, 3.05) is 6.54 Å². The molecule has 2 aromatic carbocycles. The van der Waals surface area contributed by atoms with Crippen LogP contribution < -0.4 is 5.32 Å². The maximum atomic E-state index is 12.7. The molecule has 2 N–H and O–H groups in total. The zero-order valence-corrected chi connectivity index (χ0v) is 16.7. The number of phenolic OH excluding ortho intramolecular Hbond substituents is 1. The summed E-state index contributed by atoms with van der Waals surface area (Å²) in [6.45, 7) is 1.46. The van der Waals surface area contributed by atoms with Crippen molar-refractivity contribution in [1.82, 2.24) is 15.1 Å². The van der Waals surface area contributed by atoms with Crippen LogP contribution in [0, 0.1) is 0 Å². The maximum absolute atomic E-state index is 12.7. The summed E-state index contributed by atoms with van der Waals surface area (Å²) >= 11 is 0. The summed E-state index contributed by atoms with van der Waals surface area (Å²) in [5.74, 6) is -1.98. The van der Waals surface area contributed by atoms with Crippen molar-refractivity contribution < 1.29 is 29.0 Å². The molecular weight excluding hydrogens is 402 g/mol. The number of hydrogen-bond acceptors (Lipinski definition) is 6. The van der Waals surface area contributed by atoms with Crippen LogP contribution in [0.1, 0.15) is 22.8 Å². The lowest BCUT2D eigenvalue weighted by atomic mass is 9.96. The third-order valence-corrected chi connectivity index (χ3v) is 5.46. The minimum atomic E-state index is -1.15. The van der Waals surface area contributed by atoms with Crippen molar-refractivity contribution in [2.24, 2.45) is 0 Å². The Bertz CT molecular complexity index is 1020. The van der Waals surface area contributed by atoms with Gasteiger partial charge in [-0.15, -0.1) is 0 Å². The fourth-order valence-corrected chi connectivity index (χ4v) is 3.85. The van der Waals surface area contributed by atoms with E-state index in [0.29, 0.717) is 0 Å². The number of nitrogens with zero attached hydrogens (tertiary/aromatic N) is 2. The van der Waals surface area contributed by atoms with E-state index in [0.717, 1.165) is 5.56 Å². The highest BCUT2D eigenvalue weighted by molar-refractivity contribution is 6.02. The predicted molar refractivity (Wildman–Crippen MR) is 107 cm³/mol. The van der Waals surface area contributed by atoms with Crippen molar-refractivity contribution in [2.45, 2.75) is 31.8 Å². The molecule has 0 radical (unpaired) electrons. The molecule has 2 heterocycles. The lowest BCUT2D eigenvalue weighted by Crippen LogP contribution is -2.71. The summed E-state index contributed by atoms with van der Waals surface area (Å²) in [7, 11) is 0. The van der Waals surface area contributed by atoms with Gasteiger partial charge in [0, 0.05) is 19.0 Å². The summed E-state index contributed by atoms with van der Waals surface area (Å²) in [5, 5.41) is 12.0. The summed E-state index contributed by atoms with van der Waals surface area (Å²) < 4.78 is 5.35. The molecule has 4 rings (SSSR count). The standard InChI is InChI=1S/C22H21N3O6/c1-13(26)24-11-17-18(23-19(28)15-7-9-16(27)10-8-15)21(29)25(17)20(24)22(30)31-12-14-5-3-2-4-6-14/h2-10,17-18,20,27H,11-12H2,1H3,(H,23,28)/t17?,18-,20?/m0/s1. The lowest BCUT2D eigenvalue weighted by molar-refractivity contribution is -0.169. The molecular formula is C22H21N3O6. The number of rotatable bonds is 5. The molecule has 0 saturated carbocycles. The monoisotopic (exact) mass is 423 g/mol. The third-order valence-electron chi connectivity index (χ3n) is 5.46. The second-order valence-corrected chi connectivity index (χ2v) is 7.45. The Morgan fingerprint density at radius 3 is 2.42 bits per heavy atom. The molecule has 0 bridgehead atoms. The Morgan fingerprint density at radius 1 is 1.10 bits per heavy atom. The molecule has 2 aromatic rings. The second-order valence-electron chi connectivity index (χ2n) is 7.45. The van der Waals surface area contributed by atoms with Gasteiger partial charge in [0.15, 0.2) is 0 Å². The van der Waals surface area contributed by atoms with Crippen molar-refractivity contribution in [1.29, 1.82) is 0 Å². The Balaban J connectivity index is 1.45. The average Bonchev–Trinajstić information content (AvgIpc) is 3.13. The molecule has 9 heteroatoms. The fraction of sp³-hybridized carbons (Fsp3) is 0.273. The van der Waals surface area contributed by atoms with Crippen LogP contribution in [0.15, 0.2) is 54.6 Å². The highest BCUT2D eigenvalue weighted by Gasteiger charge is 2.60. The van der Waals surface area contributed by atoms with Gasteiger partial charge in [0.2, 0.25) is 18.0 Å². The molecule has 2 aliphatic heterocycles. The first-order valence-electron chi connectivity index (χ1n) is 9.76. The van der Waals surface area contributed by atoms with E-state index in [-0.39, 0.29) is 30.4 Å². The van der Waals surface area contributed by atoms with Gasteiger partial charge in [-0.05, 0) is 29.8 Å². The van der Waals surface area contributed by atoms with Gasteiger partial charge >= 0.3 is 5.97 Å². The van der Waals surface area contributed by atoms with E-state index < -0.39 is 36.0 Å². The van der Waals surface area contributed by atoms with E-state index in [1.54, 1.807) is 12.1 Å². The van der Waals surface area contributed by atoms with Gasteiger partial charge in [-0.25, -0.2) is 4.79 Å². The number of ether oxygens (including phenoxy) is 1. The molecule has 2 fully saturated rings. The van der Waals surface area contributed by atoms with E-state index in [9.17, 15) is 24.3 Å². The van der Waals surface area contributed by atoms with Crippen molar-refractivity contribution in [3.8, 4) is 5.75 Å². The number of hydrogen-bond donors (Lipinski definition) is 2. The van der Waals surface area contributed by atoms with Crippen LogP contribution in [0.2, 0.25) is 0 Å². The highest BCUT2D eigenvalue weighted by Crippen LogP contribution is 2.33. The zero-order valence-electron chi connectivity index (χ0n) is 16.7. The minimum absolute atomic E-state index is 0.0206. The van der Waals surface area contributed by atoms with Crippen LogP contribution in [-0.4, -0.2) is 63.4 Å². The number of esters is 1. The van der Waals surface area contributed by atoms with Gasteiger partial charge in [-0.3, -0.25) is 14.4 Å². The molecule has 160 valence electrons. The van der Waals surface area contributed by atoms with E-state index in [4.69, 9.17) is 4.74 Å². The van der Waals surface area contributed by atoms with Crippen molar-refractivity contribution in [3.63, 3.8) is 0 Å². The SMILES string of the molecule is CC(=O)N1CC2[C@H](NC(=O)c3ccc(O)cc3)C(=O)N2C1C(=O)OCc1ccccc1. The number of fused-ring (bicyclic) bond motifs is 1. The van der Waals surface area contributed by atoms with Gasteiger partial charge in [0.25, 0.3) is 5.91 Å². The van der Waals surface area contributed by atoms with Gasteiger partial charge in [0.1, 0.15) is 18.4 Å². The minimum Gasteiger partial charge on any atom is -0.508 e. The normalized spacial score (nSPS) is 21.8. The largest absolute Gasteiger partial charge is 0.508 e. The molecule has 3 amide bonds. The van der Waals surface area contributed by atoms with Crippen LogP contribution in [-0.2, 0) is 25.7 Å². The molecule has 2 aliphatic rings. The van der Waals surface area contributed by atoms with Crippen molar-refractivity contribution >= 4 is 23.7 Å². The molecule has 31 heavy (non-hydrogen) atoms.